The fourth-order valence-electron chi connectivity index (χ4n) is 3.11. The third-order valence-corrected chi connectivity index (χ3v) is 4.45. The second kappa shape index (κ2) is 7.37. The van der Waals surface area contributed by atoms with Gasteiger partial charge in [-0.25, -0.2) is 0 Å². The molecule has 26 heavy (non-hydrogen) atoms. The van der Waals surface area contributed by atoms with Gasteiger partial charge in [0.1, 0.15) is 5.75 Å². The second-order valence-electron chi connectivity index (χ2n) is 6.09. The van der Waals surface area contributed by atoms with Crippen molar-refractivity contribution in [3.05, 3.63) is 60.2 Å². The van der Waals surface area contributed by atoms with Gasteiger partial charge in [0.05, 0.1) is 5.41 Å². The first-order chi connectivity index (χ1) is 12.4. The maximum Gasteiger partial charge on any atom is 0.573 e. The number of halogens is 3. The molecule has 0 aliphatic carbocycles. The van der Waals surface area contributed by atoms with E-state index in [4.69, 9.17) is 4.74 Å². The first kappa shape index (κ1) is 18.3. The van der Waals surface area contributed by atoms with E-state index in [1.807, 2.05) is 30.3 Å². The fraction of sp³-hybridized carbons (Fsp3) is 0.316. The van der Waals surface area contributed by atoms with Crippen molar-refractivity contribution in [2.45, 2.75) is 24.6 Å². The predicted molar refractivity (Wildman–Crippen MR) is 89.9 cm³/mol. The summed E-state index contributed by atoms with van der Waals surface area (Å²) in [5.41, 5.74) is 0.588. The van der Waals surface area contributed by atoms with Gasteiger partial charge in [-0.15, -0.1) is 13.2 Å². The standard InChI is InChI=1S/C19H18F3NO3/c20-19(21,22)26-16-8-6-15(7-9-16)23-17(24)18(10-12-25-13-11-18)14-4-2-1-3-5-14/h1-9H,10-13H2,(H,23,24). The summed E-state index contributed by atoms with van der Waals surface area (Å²) in [5.74, 6) is -0.532. The van der Waals surface area contributed by atoms with Gasteiger partial charge in [0.25, 0.3) is 0 Å². The number of anilines is 1. The van der Waals surface area contributed by atoms with Crippen LogP contribution in [0, 0.1) is 0 Å². The van der Waals surface area contributed by atoms with Crippen molar-refractivity contribution in [1.29, 1.82) is 0 Å². The SMILES string of the molecule is O=C(Nc1ccc(OC(F)(F)F)cc1)C1(c2ccccc2)CCOCC1. The number of benzene rings is 2. The molecule has 1 saturated heterocycles. The molecule has 0 atom stereocenters. The number of hydrogen-bond acceptors (Lipinski definition) is 3. The van der Waals surface area contributed by atoms with Gasteiger partial charge in [0, 0.05) is 18.9 Å². The lowest BCUT2D eigenvalue weighted by molar-refractivity contribution is -0.274. The molecule has 3 rings (SSSR count). The lowest BCUT2D eigenvalue weighted by Crippen LogP contribution is -2.44. The number of ether oxygens (including phenoxy) is 2. The molecule has 138 valence electrons. The number of hydrogen-bond donors (Lipinski definition) is 1. The van der Waals surface area contributed by atoms with Crippen LogP contribution in [0.15, 0.2) is 54.6 Å². The van der Waals surface area contributed by atoms with Crippen molar-refractivity contribution in [1.82, 2.24) is 0 Å². The molecule has 7 heteroatoms. The molecular weight excluding hydrogens is 347 g/mol. The first-order valence-corrected chi connectivity index (χ1v) is 8.20. The van der Waals surface area contributed by atoms with Crippen LogP contribution in [-0.4, -0.2) is 25.5 Å². The van der Waals surface area contributed by atoms with Crippen LogP contribution >= 0.6 is 0 Å². The minimum atomic E-state index is -4.75. The Labute approximate surface area is 148 Å². The van der Waals surface area contributed by atoms with Gasteiger partial charge in [-0.1, -0.05) is 30.3 Å². The summed E-state index contributed by atoms with van der Waals surface area (Å²) >= 11 is 0. The largest absolute Gasteiger partial charge is 0.573 e. The number of carbonyl (C=O) groups excluding carboxylic acids is 1. The topological polar surface area (TPSA) is 47.6 Å². The average molecular weight is 365 g/mol. The maximum atomic E-state index is 13.0. The Morgan fingerprint density at radius 1 is 1.00 bits per heavy atom. The monoisotopic (exact) mass is 365 g/mol. The van der Waals surface area contributed by atoms with Gasteiger partial charge >= 0.3 is 6.36 Å². The van der Waals surface area contributed by atoms with Gasteiger partial charge in [0.2, 0.25) is 5.91 Å². The Bertz CT molecular complexity index is 739. The highest BCUT2D eigenvalue weighted by molar-refractivity contribution is 5.99. The molecule has 1 N–H and O–H groups in total. The highest BCUT2D eigenvalue weighted by atomic mass is 19.4. The van der Waals surface area contributed by atoms with Crippen LogP contribution < -0.4 is 10.1 Å². The van der Waals surface area contributed by atoms with Crippen molar-refractivity contribution < 1.29 is 27.4 Å². The minimum absolute atomic E-state index is 0.198. The quantitative estimate of drug-likeness (QED) is 0.880. The van der Waals surface area contributed by atoms with E-state index in [1.165, 1.54) is 24.3 Å². The highest BCUT2D eigenvalue weighted by Crippen LogP contribution is 2.36. The van der Waals surface area contributed by atoms with Crippen molar-refractivity contribution >= 4 is 11.6 Å². The lowest BCUT2D eigenvalue weighted by Gasteiger charge is -2.36. The van der Waals surface area contributed by atoms with Crippen LogP contribution in [0.1, 0.15) is 18.4 Å². The van der Waals surface area contributed by atoms with Crippen molar-refractivity contribution in [3.8, 4) is 5.75 Å². The predicted octanol–water partition coefficient (Wildman–Crippen LogP) is 4.27. The summed E-state index contributed by atoms with van der Waals surface area (Å²) in [6, 6.07) is 14.6. The van der Waals surface area contributed by atoms with Crippen LogP contribution in [-0.2, 0) is 14.9 Å². The fourth-order valence-corrected chi connectivity index (χ4v) is 3.11. The summed E-state index contributed by atoms with van der Waals surface area (Å²) in [6.07, 6.45) is -3.67. The molecule has 0 bridgehead atoms. The highest BCUT2D eigenvalue weighted by Gasteiger charge is 2.41. The Morgan fingerprint density at radius 3 is 2.19 bits per heavy atom. The molecule has 0 saturated carbocycles. The molecule has 1 amide bonds. The van der Waals surface area contributed by atoms with Gasteiger partial charge in [-0.3, -0.25) is 4.79 Å². The molecule has 0 spiro atoms. The smallest absolute Gasteiger partial charge is 0.406 e. The molecule has 2 aromatic carbocycles. The molecule has 1 fully saturated rings. The minimum Gasteiger partial charge on any atom is -0.406 e. The van der Waals surface area contributed by atoms with E-state index >= 15 is 0 Å². The van der Waals surface area contributed by atoms with Crippen LogP contribution in [0.5, 0.6) is 5.75 Å². The zero-order chi connectivity index (χ0) is 18.6. The van der Waals surface area contributed by atoms with Crippen LogP contribution in [0.3, 0.4) is 0 Å². The molecule has 0 unspecified atom stereocenters. The van der Waals surface area contributed by atoms with Crippen LogP contribution in [0.2, 0.25) is 0 Å². The summed E-state index contributed by atoms with van der Waals surface area (Å²) in [5, 5.41) is 2.81. The molecule has 0 aromatic heterocycles. The summed E-state index contributed by atoms with van der Waals surface area (Å²) < 4.78 is 45.9. The molecule has 1 heterocycles. The lowest BCUT2D eigenvalue weighted by atomic mass is 9.73. The summed E-state index contributed by atoms with van der Waals surface area (Å²) in [7, 11) is 0. The van der Waals surface area contributed by atoms with E-state index in [-0.39, 0.29) is 11.7 Å². The molecular formula is C19H18F3NO3. The Morgan fingerprint density at radius 2 is 1.62 bits per heavy atom. The Kier molecular flexibility index (Phi) is 5.18. The number of carbonyl (C=O) groups is 1. The third kappa shape index (κ3) is 4.16. The van der Waals surface area contributed by atoms with Crippen LogP contribution in [0.4, 0.5) is 18.9 Å². The second-order valence-corrected chi connectivity index (χ2v) is 6.09. The molecule has 1 aliphatic rings. The maximum absolute atomic E-state index is 13.0. The van der Waals surface area contributed by atoms with Crippen molar-refractivity contribution in [2.24, 2.45) is 0 Å². The third-order valence-electron chi connectivity index (χ3n) is 4.45. The average Bonchev–Trinajstić information content (AvgIpc) is 2.63. The van der Waals surface area contributed by atoms with Gasteiger partial charge < -0.3 is 14.8 Å². The van der Waals surface area contributed by atoms with Gasteiger partial charge in [0.15, 0.2) is 0 Å². The Hall–Kier alpha value is -2.54. The van der Waals surface area contributed by atoms with E-state index in [0.29, 0.717) is 31.7 Å². The first-order valence-electron chi connectivity index (χ1n) is 8.20. The van der Waals surface area contributed by atoms with Gasteiger partial charge in [-0.2, -0.15) is 0 Å². The normalized spacial score (nSPS) is 16.7. The van der Waals surface area contributed by atoms with E-state index in [2.05, 4.69) is 10.1 Å². The zero-order valence-corrected chi connectivity index (χ0v) is 13.9. The van der Waals surface area contributed by atoms with E-state index < -0.39 is 11.8 Å². The molecule has 0 radical (unpaired) electrons. The molecule has 4 nitrogen and oxygen atoms in total. The van der Waals surface area contributed by atoms with Gasteiger partial charge in [-0.05, 0) is 42.7 Å². The summed E-state index contributed by atoms with van der Waals surface area (Å²) in [4.78, 5) is 13.0. The number of nitrogens with one attached hydrogen (secondary N) is 1. The number of rotatable bonds is 4. The molecule has 1 aliphatic heterocycles. The Balaban J connectivity index is 1.78. The number of amides is 1. The van der Waals surface area contributed by atoms with Crippen molar-refractivity contribution in [3.63, 3.8) is 0 Å². The van der Waals surface area contributed by atoms with Crippen LogP contribution in [0.25, 0.3) is 0 Å². The summed E-state index contributed by atoms with van der Waals surface area (Å²) in [6.45, 7) is 0.946. The number of alkyl halides is 3. The zero-order valence-electron chi connectivity index (χ0n) is 13.9. The van der Waals surface area contributed by atoms with E-state index in [0.717, 1.165) is 5.56 Å². The molecule has 2 aromatic rings. The van der Waals surface area contributed by atoms with Crippen molar-refractivity contribution in [2.75, 3.05) is 18.5 Å². The van der Waals surface area contributed by atoms with E-state index in [9.17, 15) is 18.0 Å². The van der Waals surface area contributed by atoms with E-state index in [1.54, 1.807) is 0 Å².